The number of amides is 2. The van der Waals surface area contributed by atoms with Crippen molar-refractivity contribution in [2.45, 2.75) is 70.1 Å². The fraction of sp³-hybridized carbons (Fsp3) is 0.344. The second kappa shape index (κ2) is 14.3. The van der Waals surface area contributed by atoms with E-state index in [0.717, 1.165) is 16.7 Å². The van der Waals surface area contributed by atoms with Gasteiger partial charge in [-0.15, -0.1) is 0 Å². The molecular formula is C32H35N3O8. The monoisotopic (exact) mass is 589 g/mol. The number of carboxylic acid groups (broad SMARTS) is 1. The highest BCUT2D eigenvalue weighted by Crippen LogP contribution is 2.34. The Kier molecular flexibility index (Phi) is 10.3. The Morgan fingerprint density at radius 2 is 1.65 bits per heavy atom. The van der Waals surface area contributed by atoms with E-state index in [1.54, 1.807) is 12.1 Å². The van der Waals surface area contributed by atoms with Crippen molar-refractivity contribution in [3.8, 4) is 11.1 Å². The quantitative estimate of drug-likeness (QED) is 0.162. The number of ether oxygens (including phenoxy) is 2. The predicted molar refractivity (Wildman–Crippen MR) is 160 cm³/mol. The Balaban J connectivity index is 1.29. The number of aliphatic carboxylic acids is 1. The Morgan fingerprint density at radius 1 is 0.977 bits per heavy atom. The highest BCUT2D eigenvalue weighted by Gasteiger charge is 2.35. The molecule has 1 saturated carbocycles. The summed E-state index contributed by atoms with van der Waals surface area (Å²) < 4.78 is 11.2. The van der Waals surface area contributed by atoms with Gasteiger partial charge in [-0.2, -0.15) is 0 Å². The maximum absolute atomic E-state index is 13.1. The molecule has 226 valence electrons. The van der Waals surface area contributed by atoms with Crippen molar-refractivity contribution in [2.75, 3.05) is 5.32 Å². The lowest BCUT2D eigenvalue weighted by atomic mass is 9.83. The van der Waals surface area contributed by atoms with Crippen LogP contribution in [0.2, 0.25) is 0 Å². The molecule has 3 N–H and O–H groups in total. The molecule has 1 aliphatic carbocycles. The van der Waals surface area contributed by atoms with Crippen molar-refractivity contribution in [1.82, 2.24) is 5.32 Å². The first-order valence-corrected chi connectivity index (χ1v) is 14.2. The summed E-state index contributed by atoms with van der Waals surface area (Å²) >= 11 is 0. The van der Waals surface area contributed by atoms with E-state index in [4.69, 9.17) is 14.6 Å². The molecule has 11 nitrogen and oxygen atoms in total. The number of carbonyl (C=O) groups is 3. The number of nitro groups is 1. The van der Waals surface area contributed by atoms with Crippen LogP contribution in [0.4, 0.5) is 21.0 Å². The summed E-state index contributed by atoms with van der Waals surface area (Å²) in [5, 5.41) is 25.5. The smallest absolute Gasteiger partial charge is 0.412 e. The lowest BCUT2D eigenvalue weighted by Crippen LogP contribution is -2.44. The van der Waals surface area contributed by atoms with Crippen LogP contribution in [-0.2, 0) is 27.3 Å². The summed E-state index contributed by atoms with van der Waals surface area (Å²) in [6, 6.07) is 21.0. The summed E-state index contributed by atoms with van der Waals surface area (Å²) in [7, 11) is 0. The minimum absolute atomic E-state index is 0.0106. The van der Waals surface area contributed by atoms with E-state index in [-0.39, 0.29) is 24.8 Å². The average Bonchev–Trinajstić information content (AvgIpc) is 2.98. The van der Waals surface area contributed by atoms with Crippen molar-refractivity contribution in [3.63, 3.8) is 0 Å². The summed E-state index contributed by atoms with van der Waals surface area (Å²) in [4.78, 5) is 46.6. The van der Waals surface area contributed by atoms with Crippen molar-refractivity contribution >= 4 is 29.5 Å². The third-order valence-electron chi connectivity index (χ3n) is 7.48. The standard InChI is InChI=1S/C32H35N3O8/c1-32(18-16-25(17-19-32)33-30(38)42-21-23-10-13-26(14-11-23)35(40)41)43-31(39)34-28-20-22(6-5-9-29(36)37)12-15-27(28)24-7-3-2-4-8-24/h2-4,7-8,10-15,20,25H,5-6,9,16-19,21H2,1H3,(H,33,38)(H,34,39)(H,36,37)/t25-,32-. The number of aryl methyl sites for hydroxylation is 1. The highest BCUT2D eigenvalue weighted by molar-refractivity contribution is 5.92. The number of anilines is 1. The minimum atomic E-state index is -0.847. The predicted octanol–water partition coefficient (Wildman–Crippen LogP) is 6.85. The zero-order valence-corrected chi connectivity index (χ0v) is 23.9. The van der Waals surface area contributed by atoms with Crippen LogP contribution >= 0.6 is 0 Å². The van der Waals surface area contributed by atoms with Gasteiger partial charge in [0.15, 0.2) is 0 Å². The molecule has 1 aliphatic rings. The van der Waals surface area contributed by atoms with Gasteiger partial charge in [-0.25, -0.2) is 9.59 Å². The molecule has 0 heterocycles. The number of hydrogen-bond donors (Lipinski definition) is 3. The van der Waals surface area contributed by atoms with E-state index in [1.165, 1.54) is 12.1 Å². The number of hydrogen-bond acceptors (Lipinski definition) is 7. The third kappa shape index (κ3) is 9.29. The largest absolute Gasteiger partial charge is 0.481 e. The molecule has 2 amide bonds. The van der Waals surface area contributed by atoms with Crippen molar-refractivity contribution in [3.05, 3.63) is 94.0 Å². The zero-order chi connectivity index (χ0) is 30.8. The molecule has 0 radical (unpaired) electrons. The van der Waals surface area contributed by atoms with Gasteiger partial charge in [0.05, 0.1) is 10.6 Å². The summed E-state index contributed by atoms with van der Waals surface area (Å²) in [6.07, 6.45) is 2.20. The molecular weight excluding hydrogens is 554 g/mol. The number of nitrogens with one attached hydrogen (secondary N) is 2. The van der Waals surface area contributed by atoms with Crippen molar-refractivity contribution < 1.29 is 33.9 Å². The van der Waals surface area contributed by atoms with Crippen LogP contribution in [0.15, 0.2) is 72.8 Å². The molecule has 3 aromatic rings. The molecule has 43 heavy (non-hydrogen) atoms. The second-order valence-electron chi connectivity index (χ2n) is 10.9. The normalized spacial score (nSPS) is 17.8. The molecule has 3 aromatic carbocycles. The first-order valence-electron chi connectivity index (χ1n) is 14.2. The zero-order valence-electron chi connectivity index (χ0n) is 23.9. The van der Waals surface area contributed by atoms with Gasteiger partial charge >= 0.3 is 18.2 Å². The Hall–Kier alpha value is -4.93. The topological polar surface area (TPSA) is 157 Å². The molecule has 0 aromatic heterocycles. The molecule has 0 atom stereocenters. The van der Waals surface area contributed by atoms with Gasteiger partial charge in [-0.05, 0) is 80.3 Å². The Labute approximate surface area is 249 Å². The molecule has 0 unspecified atom stereocenters. The van der Waals surface area contributed by atoms with E-state index in [9.17, 15) is 24.5 Å². The Bertz CT molecular complexity index is 1430. The molecule has 0 saturated heterocycles. The number of nitrogens with zero attached hydrogens (tertiary/aromatic N) is 1. The van der Waals surface area contributed by atoms with Crippen LogP contribution in [0.1, 0.15) is 56.6 Å². The summed E-state index contributed by atoms with van der Waals surface area (Å²) in [5.74, 6) is -0.847. The first kappa shape index (κ1) is 31.0. The summed E-state index contributed by atoms with van der Waals surface area (Å²) in [5.41, 5.74) is 3.12. The second-order valence-corrected chi connectivity index (χ2v) is 10.9. The number of carboxylic acids is 1. The number of alkyl carbamates (subject to hydrolysis) is 1. The number of nitro benzene ring substituents is 1. The van der Waals surface area contributed by atoms with E-state index in [0.29, 0.717) is 49.8 Å². The van der Waals surface area contributed by atoms with E-state index >= 15 is 0 Å². The van der Waals surface area contributed by atoms with E-state index < -0.39 is 28.7 Å². The van der Waals surface area contributed by atoms with Crippen LogP contribution in [0, 0.1) is 10.1 Å². The van der Waals surface area contributed by atoms with Crippen molar-refractivity contribution in [2.24, 2.45) is 0 Å². The fourth-order valence-corrected chi connectivity index (χ4v) is 5.07. The lowest BCUT2D eigenvalue weighted by Gasteiger charge is -2.36. The van der Waals surface area contributed by atoms with E-state index in [1.807, 2.05) is 55.5 Å². The molecule has 0 spiro atoms. The van der Waals surface area contributed by atoms with Crippen LogP contribution in [0.3, 0.4) is 0 Å². The fourth-order valence-electron chi connectivity index (χ4n) is 5.07. The van der Waals surface area contributed by atoms with Crippen LogP contribution in [-0.4, -0.2) is 39.8 Å². The van der Waals surface area contributed by atoms with Gasteiger partial charge in [0.2, 0.25) is 0 Å². The van der Waals surface area contributed by atoms with Gasteiger partial charge in [-0.3, -0.25) is 20.2 Å². The molecule has 1 fully saturated rings. The summed E-state index contributed by atoms with van der Waals surface area (Å²) in [6.45, 7) is 1.86. The number of rotatable bonds is 11. The molecule has 0 aliphatic heterocycles. The van der Waals surface area contributed by atoms with E-state index in [2.05, 4.69) is 10.6 Å². The SMILES string of the molecule is C[C@]1(OC(=O)Nc2cc(CCCC(=O)O)ccc2-c2ccccc2)CC[C@H](NC(=O)OCc2ccc([N+](=O)[O-])cc2)CC1. The highest BCUT2D eigenvalue weighted by atomic mass is 16.6. The van der Waals surface area contributed by atoms with Crippen LogP contribution < -0.4 is 10.6 Å². The Morgan fingerprint density at radius 3 is 2.30 bits per heavy atom. The van der Waals surface area contributed by atoms with Crippen LogP contribution in [0.25, 0.3) is 11.1 Å². The number of non-ortho nitro benzene ring substituents is 1. The van der Waals surface area contributed by atoms with Gasteiger partial charge in [0, 0.05) is 30.2 Å². The third-order valence-corrected chi connectivity index (χ3v) is 7.48. The van der Waals surface area contributed by atoms with Gasteiger partial charge in [0.25, 0.3) is 5.69 Å². The van der Waals surface area contributed by atoms with Gasteiger partial charge in [-0.1, -0.05) is 42.5 Å². The molecule has 0 bridgehead atoms. The molecule has 4 rings (SSSR count). The minimum Gasteiger partial charge on any atom is -0.481 e. The average molecular weight is 590 g/mol. The number of benzene rings is 3. The maximum Gasteiger partial charge on any atom is 0.412 e. The molecule has 11 heteroatoms. The first-order chi connectivity index (χ1) is 20.6. The van der Waals surface area contributed by atoms with Crippen molar-refractivity contribution in [1.29, 1.82) is 0 Å². The van der Waals surface area contributed by atoms with Crippen LogP contribution in [0.5, 0.6) is 0 Å². The van der Waals surface area contributed by atoms with Gasteiger partial charge < -0.3 is 19.9 Å². The lowest BCUT2D eigenvalue weighted by molar-refractivity contribution is -0.384. The van der Waals surface area contributed by atoms with Gasteiger partial charge in [0.1, 0.15) is 12.2 Å². The number of carbonyl (C=O) groups excluding carboxylic acids is 2. The maximum atomic E-state index is 13.1.